The number of nitrogens with zero attached hydrogens (tertiary/aromatic N) is 2. The number of rotatable bonds is 6. The molecule has 1 aromatic carbocycles. The fourth-order valence-electron chi connectivity index (χ4n) is 3.11. The van der Waals surface area contributed by atoms with Crippen molar-refractivity contribution < 1.29 is 27.8 Å². The number of ether oxygens (including phenoxy) is 2. The predicted molar refractivity (Wildman–Crippen MR) is 90.7 cm³/mol. The molecule has 0 radical (unpaired) electrons. The van der Waals surface area contributed by atoms with Crippen LogP contribution in [0, 0.1) is 0 Å². The minimum absolute atomic E-state index is 0.00710. The first-order chi connectivity index (χ1) is 12.4. The molecule has 2 aromatic rings. The lowest BCUT2D eigenvalue weighted by Crippen LogP contribution is -2.21. The molecule has 1 saturated heterocycles. The van der Waals surface area contributed by atoms with Crippen molar-refractivity contribution in [3.8, 4) is 17.2 Å². The first-order valence-corrected chi connectivity index (χ1v) is 8.52. The van der Waals surface area contributed by atoms with Crippen molar-refractivity contribution in [2.75, 3.05) is 33.4 Å². The number of fused-ring (bicyclic) bond motifs is 1. The maximum atomic E-state index is 12.9. The van der Waals surface area contributed by atoms with Crippen LogP contribution in [-0.4, -0.2) is 48.3 Å². The molecule has 1 aromatic heterocycles. The van der Waals surface area contributed by atoms with Crippen molar-refractivity contribution >= 4 is 10.9 Å². The molecule has 0 spiro atoms. The minimum Gasteiger partial charge on any atom is -0.507 e. The third-order valence-electron chi connectivity index (χ3n) is 4.44. The third kappa shape index (κ3) is 4.12. The number of aromatic hydroxyl groups is 1. The minimum atomic E-state index is -4.64. The third-order valence-corrected chi connectivity index (χ3v) is 4.44. The van der Waals surface area contributed by atoms with Gasteiger partial charge in [-0.2, -0.15) is 13.2 Å². The Labute approximate surface area is 149 Å². The second-order valence-corrected chi connectivity index (χ2v) is 6.30. The van der Waals surface area contributed by atoms with Crippen LogP contribution in [0.4, 0.5) is 13.2 Å². The van der Waals surface area contributed by atoms with E-state index in [0.29, 0.717) is 24.2 Å². The Morgan fingerprint density at radius 2 is 1.88 bits per heavy atom. The van der Waals surface area contributed by atoms with E-state index >= 15 is 0 Å². The quantitative estimate of drug-likeness (QED) is 0.783. The van der Waals surface area contributed by atoms with Gasteiger partial charge in [-0.15, -0.1) is 0 Å². The van der Waals surface area contributed by atoms with Gasteiger partial charge in [0, 0.05) is 24.1 Å². The molecule has 0 unspecified atom stereocenters. The summed E-state index contributed by atoms with van der Waals surface area (Å²) in [5, 5.41) is 10.1. The molecule has 3 rings (SSSR count). The maximum Gasteiger partial charge on any atom is 0.433 e. The first-order valence-electron chi connectivity index (χ1n) is 8.52. The summed E-state index contributed by atoms with van der Waals surface area (Å²) in [4.78, 5) is 5.96. The van der Waals surface area contributed by atoms with E-state index in [0.717, 1.165) is 26.1 Å². The molecule has 1 aliphatic heterocycles. The number of halogens is 3. The fourth-order valence-corrected chi connectivity index (χ4v) is 3.11. The van der Waals surface area contributed by atoms with E-state index in [2.05, 4.69) is 9.88 Å². The summed E-state index contributed by atoms with van der Waals surface area (Å²) in [6, 6.07) is 3.42. The normalized spacial score (nSPS) is 15.5. The standard InChI is InChI=1S/C18H21F3N2O3/c1-25-15-9-12-13(22-17(11-14(12)24)18(19,20)21)10-16(15)26-8-4-7-23-5-2-3-6-23/h9-11H,2-8H2,1H3,(H,22,24). The summed E-state index contributed by atoms with van der Waals surface area (Å²) >= 11 is 0. The lowest BCUT2D eigenvalue weighted by Gasteiger charge is -2.16. The van der Waals surface area contributed by atoms with Crippen molar-refractivity contribution in [1.29, 1.82) is 0 Å². The average Bonchev–Trinajstić information content (AvgIpc) is 3.10. The van der Waals surface area contributed by atoms with Gasteiger partial charge < -0.3 is 19.5 Å². The highest BCUT2D eigenvalue weighted by atomic mass is 19.4. The van der Waals surface area contributed by atoms with Crippen molar-refractivity contribution in [2.45, 2.75) is 25.4 Å². The molecule has 0 bridgehead atoms. The van der Waals surface area contributed by atoms with E-state index < -0.39 is 17.6 Å². The zero-order valence-electron chi connectivity index (χ0n) is 14.5. The van der Waals surface area contributed by atoms with E-state index in [9.17, 15) is 18.3 Å². The molecule has 26 heavy (non-hydrogen) atoms. The highest BCUT2D eigenvalue weighted by Crippen LogP contribution is 2.38. The van der Waals surface area contributed by atoms with E-state index in [4.69, 9.17) is 9.47 Å². The fraction of sp³-hybridized carbons (Fsp3) is 0.500. The Kier molecular flexibility index (Phi) is 5.41. The molecular formula is C18H21F3N2O3. The zero-order chi connectivity index (χ0) is 18.7. The van der Waals surface area contributed by atoms with Crippen LogP contribution in [-0.2, 0) is 6.18 Å². The number of methoxy groups -OCH3 is 1. The number of hydrogen-bond donors (Lipinski definition) is 1. The molecular weight excluding hydrogens is 349 g/mol. The largest absolute Gasteiger partial charge is 0.507 e. The molecule has 1 fully saturated rings. The summed E-state index contributed by atoms with van der Waals surface area (Å²) in [6.07, 6.45) is -1.39. The molecule has 0 atom stereocenters. The zero-order valence-corrected chi connectivity index (χ0v) is 14.5. The monoisotopic (exact) mass is 370 g/mol. The molecule has 0 amide bonds. The van der Waals surface area contributed by atoms with Gasteiger partial charge in [-0.25, -0.2) is 4.98 Å². The van der Waals surface area contributed by atoms with Crippen LogP contribution in [0.25, 0.3) is 10.9 Å². The molecule has 5 nitrogen and oxygen atoms in total. The van der Waals surface area contributed by atoms with Crippen LogP contribution >= 0.6 is 0 Å². The number of aromatic nitrogens is 1. The van der Waals surface area contributed by atoms with Gasteiger partial charge >= 0.3 is 6.18 Å². The molecule has 1 aliphatic rings. The molecule has 0 aliphatic carbocycles. The summed E-state index contributed by atoms with van der Waals surface area (Å²) in [7, 11) is 1.44. The van der Waals surface area contributed by atoms with Crippen LogP contribution in [0.5, 0.6) is 17.2 Å². The number of alkyl halides is 3. The molecule has 142 valence electrons. The second kappa shape index (κ2) is 7.57. The Balaban J connectivity index is 1.79. The smallest absolute Gasteiger partial charge is 0.433 e. The van der Waals surface area contributed by atoms with Gasteiger partial charge in [0.1, 0.15) is 11.4 Å². The van der Waals surface area contributed by atoms with Gasteiger partial charge in [0.25, 0.3) is 0 Å². The van der Waals surface area contributed by atoms with E-state index in [-0.39, 0.29) is 10.9 Å². The van der Waals surface area contributed by atoms with E-state index in [1.54, 1.807) is 0 Å². The molecule has 8 heteroatoms. The first kappa shape index (κ1) is 18.6. The summed E-state index contributed by atoms with van der Waals surface area (Å²) in [6.45, 7) is 3.54. The SMILES string of the molecule is COc1cc2c(O)cc(C(F)(F)F)nc2cc1OCCCN1CCCC1. The Morgan fingerprint density at radius 3 is 2.54 bits per heavy atom. The topological polar surface area (TPSA) is 54.8 Å². The van der Waals surface area contributed by atoms with Crippen molar-refractivity contribution in [3.05, 3.63) is 23.9 Å². The summed E-state index contributed by atoms with van der Waals surface area (Å²) in [5.74, 6) is 0.157. The number of pyridine rings is 1. The van der Waals surface area contributed by atoms with Gasteiger partial charge in [0.2, 0.25) is 0 Å². The predicted octanol–water partition coefficient (Wildman–Crippen LogP) is 3.83. The summed E-state index contributed by atoms with van der Waals surface area (Å²) in [5.41, 5.74) is -1.14. The van der Waals surface area contributed by atoms with E-state index in [1.807, 2.05) is 0 Å². The van der Waals surface area contributed by atoms with Crippen molar-refractivity contribution in [3.63, 3.8) is 0 Å². The number of likely N-dealkylation sites (tertiary alicyclic amines) is 1. The Hall–Kier alpha value is -2.22. The average molecular weight is 370 g/mol. The van der Waals surface area contributed by atoms with Gasteiger partial charge in [0.15, 0.2) is 11.5 Å². The maximum absolute atomic E-state index is 12.9. The van der Waals surface area contributed by atoms with Gasteiger partial charge in [-0.1, -0.05) is 0 Å². The molecule has 0 saturated carbocycles. The van der Waals surface area contributed by atoms with Crippen LogP contribution in [0.15, 0.2) is 18.2 Å². The number of benzene rings is 1. The summed E-state index contributed by atoms with van der Waals surface area (Å²) < 4.78 is 49.7. The van der Waals surface area contributed by atoms with Crippen LogP contribution in [0.3, 0.4) is 0 Å². The number of hydrogen-bond acceptors (Lipinski definition) is 5. The highest BCUT2D eigenvalue weighted by Gasteiger charge is 2.33. The molecule has 2 heterocycles. The van der Waals surface area contributed by atoms with Gasteiger partial charge in [-0.3, -0.25) is 0 Å². The van der Waals surface area contributed by atoms with Crippen LogP contribution < -0.4 is 9.47 Å². The van der Waals surface area contributed by atoms with Crippen LogP contribution in [0.1, 0.15) is 25.0 Å². The van der Waals surface area contributed by atoms with Crippen molar-refractivity contribution in [1.82, 2.24) is 9.88 Å². The van der Waals surface area contributed by atoms with E-state index in [1.165, 1.54) is 32.1 Å². The van der Waals surface area contributed by atoms with Crippen LogP contribution in [0.2, 0.25) is 0 Å². The van der Waals surface area contributed by atoms with Crippen molar-refractivity contribution in [2.24, 2.45) is 0 Å². The highest BCUT2D eigenvalue weighted by molar-refractivity contribution is 5.88. The lowest BCUT2D eigenvalue weighted by atomic mass is 10.1. The Bertz CT molecular complexity index is 774. The van der Waals surface area contributed by atoms with Gasteiger partial charge in [0.05, 0.1) is 19.2 Å². The lowest BCUT2D eigenvalue weighted by molar-refractivity contribution is -0.141. The Morgan fingerprint density at radius 1 is 1.15 bits per heavy atom. The second-order valence-electron chi connectivity index (χ2n) is 6.30. The molecule has 1 N–H and O–H groups in total. The van der Waals surface area contributed by atoms with Gasteiger partial charge in [-0.05, 0) is 38.4 Å².